The zero-order valence-corrected chi connectivity index (χ0v) is 6.02. The van der Waals surface area contributed by atoms with E-state index in [1.165, 1.54) is 0 Å². The van der Waals surface area contributed by atoms with E-state index in [1.807, 2.05) is 0 Å². The van der Waals surface area contributed by atoms with Gasteiger partial charge in [0.2, 0.25) is 0 Å². The van der Waals surface area contributed by atoms with Crippen LogP contribution in [0, 0.1) is 5.41 Å². The molecule has 0 aliphatic carbocycles. The molecule has 0 fully saturated rings. The quantitative estimate of drug-likeness (QED) is 0.471. The van der Waals surface area contributed by atoms with Gasteiger partial charge in [-0.1, -0.05) is 6.58 Å². The third-order valence-corrected chi connectivity index (χ3v) is 0.881. The van der Waals surface area contributed by atoms with Crippen molar-refractivity contribution in [2.24, 2.45) is 0 Å². The van der Waals surface area contributed by atoms with Crippen LogP contribution in [0.2, 0.25) is 0 Å². The van der Waals surface area contributed by atoms with Crippen LogP contribution in [-0.4, -0.2) is 18.8 Å². The average molecular weight is 141 g/mol. The lowest BCUT2D eigenvalue weighted by atomic mass is 10.2. The molecule has 1 N–H and O–H groups in total. The fourth-order valence-corrected chi connectivity index (χ4v) is 0.448. The van der Waals surface area contributed by atoms with Gasteiger partial charge in [-0.05, 0) is 12.5 Å². The van der Waals surface area contributed by atoms with Crippen LogP contribution in [0.3, 0.4) is 0 Å². The predicted molar refractivity (Wildman–Crippen MR) is 39.2 cm³/mol. The third kappa shape index (κ3) is 3.83. The van der Waals surface area contributed by atoms with Crippen molar-refractivity contribution in [1.82, 2.24) is 0 Å². The zero-order chi connectivity index (χ0) is 7.98. The summed E-state index contributed by atoms with van der Waals surface area (Å²) in [5, 5.41) is 6.70. The molecule has 10 heavy (non-hydrogen) atoms. The molecule has 56 valence electrons. The molecule has 0 aliphatic heterocycles. The summed E-state index contributed by atoms with van der Waals surface area (Å²) >= 11 is 0. The van der Waals surface area contributed by atoms with Crippen LogP contribution >= 0.6 is 0 Å². The van der Waals surface area contributed by atoms with Crippen molar-refractivity contribution in [1.29, 1.82) is 5.41 Å². The molecule has 3 heteroatoms. The first-order chi connectivity index (χ1) is 4.70. The molecule has 0 radical (unpaired) electrons. The lowest BCUT2D eigenvalue weighted by molar-refractivity contribution is -0.142. The summed E-state index contributed by atoms with van der Waals surface area (Å²) in [5.74, 6) is -0.323. The van der Waals surface area contributed by atoms with E-state index in [-0.39, 0.29) is 12.4 Å². The molecule has 0 aliphatic rings. The fourth-order valence-electron chi connectivity index (χ4n) is 0.448. The van der Waals surface area contributed by atoms with Crippen LogP contribution in [0.4, 0.5) is 0 Å². The highest BCUT2D eigenvalue weighted by Crippen LogP contribution is 1.95. The Balaban J connectivity index is 3.57. The Hall–Kier alpha value is -1.12. The summed E-state index contributed by atoms with van der Waals surface area (Å²) < 4.78 is 4.61. The summed E-state index contributed by atoms with van der Waals surface area (Å²) in [6, 6.07) is 0. The number of carbonyl (C=O) groups excluding carboxylic acids is 1. The summed E-state index contributed by atoms with van der Waals surface area (Å²) in [6.45, 7) is 5.57. The highest BCUT2D eigenvalue weighted by Gasteiger charge is 2.00. The Morgan fingerprint density at radius 3 is 2.80 bits per heavy atom. The Bertz CT molecular complexity index is 152. The van der Waals surface area contributed by atoms with E-state index in [2.05, 4.69) is 11.3 Å². The van der Waals surface area contributed by atoms with Crippen molar-refractivity contribution in [2.75, 3.05) is 6.61 Å². The standard InChI is InChI=1S/C7H11NO2/c1-3-10-7(9)4-6(2)5-8/h5,8H,2-4H2,1H3. The van der Waals surface area contributed by atoms with Gasteiger partial charge in [-0.2, -0.15) is 0 Å². The second kappa shape index (κ2) is 4.73. The lowest BCUT2D eigenvalue weighted by Crippen LogP contribution is -2.04. The molecule has 0 amide bonds. The molecule has 3 nitrogen and oxygen atoms in total. The van der Waals surface area contributed by atoms with E-state index in [0.29, 0.717) is 12.2 Å². The van der Waals surface area contributed by atoms with Crippen LogP contribution in [0.25, 0.3) is 0 Å². The van der Waals surface area contributed by atoms with Gasteiger partial charge < -0.3 is 10.1 Å². The number of carbonyl (C=O) groups is 1. The maximum absolute atomic E-state index is 10.6. The van der Waals surface area contributed by atoms with E-state index in [0.717, 1.165) is 6.21 Å². The van der Waals surface area contributed by atoms with Crippen LogP contribution in [0.5, 0.6) is 0 Å². The monoisotopic (exact) mass is 141 g/mol. The van der Waals surface area contributed by atoms with Crippen LogP contribution < -0.4 is 0 Å². The van der Waals surface area contributed by atoms with Crippen LogP contribution in [0.1, 0.15) is 13.3 Å². The summed E-state index contributed by atoms with van der Waals surface area (Å²) in [6.07, 6.45) is 1.17. The van der Waals surface area contributed by atoms with Crippen molar-refractivity contribution in [2.45, 2.75) is 13.3 Å². The molecule has 0 unspecified atom stereocenters. The minimum absolute atomic E-state index is 0.122. The van der Waals surface area contributed by atoms with Gasteiger partial charge in [0, 0.05) is 6.21 Å². The molecule has 0 aromatic carbocycles. The van der Waals surface area contributed by atoms with Crippen LogP contribution in [0.15, 0.2) is 12.2 Å². The topological polar surface area (TPSA) is 50.2 Å². The number of hydrogen-bond donors (Lipinski definition) is 1. The molecule has 0 saturated heterocycles. The Kier molecular flexibility index (Phi) is 4.20. The van der Waals surface area contributed by atoms with Gasteiger partial charge in [-0.15, -0.1) is 0 Å². The van der Waals surface area contributed by atoms with Crippen molar-refractivity contribution < 1.29 is 9.53 Å². The SMILES string of the molecule is C=C(C=N)CC(=O)OCC. The summed E-state index contributed by atoms with van der Waals surface area (Å²) in [5.41, 5.74) is 0.471. The lowest BCUT2D eigenvalue weighted by Gasteiger charge is -1.98. The Morgan fingerprint density at radius 2 is 2.40 bits per heavy atom. The highest BCUT2D eigenvalue weighted by molar-refractivity contribution is 5.84. The number of ether oxygens (including phenoxy) is 1. The normalized spacial score (nSPS) is 8.50. The zero-order valence-electron chi connectivity index (χ0n) is 6.02. The van der Waals surface area contributed by atoms with Crippen LogP contribution in [-0.2, 0) is 9.53 Å². The minimum Gasteiger partial charge on any atom is -0.466 e. The molecular formula is C7H11NO2. The number of nitrogens with one attached hydrogen (secondary N) is 1. The molecule has 0 spiro atoms. The van der Waals surface area contributed by atoms with Gasteiger partial charge in [-0.3, -0.25) is 4.79 Å². The Labute approximate surface area is 60.2 Å². The molecule has 0 saturated carbocycles. The van der Waals surface area contributed by atoms with E-state index < -0.39 is 0 Å². The smallest absolute Gasteiger partial charge is 0.310 e. The molecule has 0 rings (SSSR count). The fraction of sp³-hybridized carbons (Fsp3) is 0.429. The van der Waals surface area contributed by atoms with Gasteiger partial charge in [0.15, 0.2) is 0 Å². The van der Waals surface area contributed by atoms with Crippen molar-refractivity contribution in [3.05, 3.63) is 12.2 Å². The van der Waals surface area contributed by atoms with Gasteiger partial charge in [0.05, 0.1) is 13.0 Å². The second-order valence-electron chi connectivity index (χ2n) is 1.78. The van der Waals surface area contributed by atoms with Gasteiger partial charge in [0.1, 0.15) is 0 Å². The van der Waals surface area contributed by atoms with E-state index in [1.54, 1.807) is 6.92 Å². The number of rotatable bonds is 4. The minimum atomic E-state index is -0.323. The average Bonchev–Trinajstić information content (AvgIpc) is 1.88. The van der Waals surface area contributed by atoms with E-state index >= 15 is 0 Å². The van der Waals surface area contributed by atoms with Gasteiger partial charge in [0.25, 0.3) is 0 Å². The molecule has 0 atom stereocenters. The van der Waals surface area contributed by atoms with Crippen molar-refractivity contribution >= 4 is 12.2 Å². The maximum Gasteiger partial charge on any atom is 0.310 e. The van der Waals surface area contributed by atoms with Crippen molar-refractivity contribution in [3.63, 3.8) is 0 Å². The highest BCUT2D eigenvalue weighted by atomic mass is 16.5. The molecule has 0 aromatic heterocycles. The maximum atomic E-state index is 10.6. The van der Waals surface area contributed by atoms with Gasteiger partial charge >= 0.3 is 5.97 Å². The molecular weight excluding hydrogens is 130 g/mol. The first-order valence-electron chi connectivity index (χ1n) is 3.04. The van der Waals surface area contributed by atoms with E-state index in [4.69, 9.17) is 5.41 Å². The first-order valence-corrected chi connectivity index (χ1v) is 3.04. The largest absolute Gasteiger partial charge is 0.466 e. The van der Waals surface area contributed by atoms with Crippen molar-refractivity contribution in [3.8, 4) is 0 Å². The van der Waals surface area contributed by atoms with Gasteiger partial charge in [-0.25, -0.2) is 0 Å². The molecule has 0 bridgehead atoms. The molecule has 0 aromatic rings. The first kappa shape index (κ1) is 8.88. The summed E-state index contributed by atoms with van der Waals surface area (Å²) in [7, 11) is 0. The summed E-state index contributed by atoms with van der Waals surface area (Å²) in [4.78, 5) is 10.6. The number of hydrogen-bond acceptors (Lipinski definition) is 3. The predicted octanol–water partition coefficient (Wildman–Crippen LogP) is 1.15. The Morgan fingerprint density at radius 1 is 1.80 bits per heavy atom. The number of esters is 1. The second-order valence-corrected chi connectivity index (χ2v) is 1.78. The van der Waals surface area contributed by atoms with E-state index in [9.17, 15) is 4.79 Å². The third-order valence-electron chi connectivity index (χ3n) is 0.881. The molecule has 0 heterocycles.